The summed E-state index contributed by atoms with van der Waals surface area (Å²) in [4.78, 5) is 23.4. The van der Waals surface area contributed by atoms with Crippen molar-refractivity contribution in [3.05, 3.63) is 34.4 Å². The number of anilines is 1. The fraction of sp³-hybridized carbons (Fsp3) is 0.417. The van der Waals surface area contributed by atoms with E-state index in [0.717, 1.165) is 0 Å². The van der Waals surface area contributed by atoms with Crippen LogP contribution >= 0.6 is 0 Å². The molecule has 0 aliphatic carbocycles. The Hall–Kier alpha value is -2.15. The summed E-state index contributed by atoms with van der Waals surface area (Å²) in [6.45, 7) is 0.303. The quantitative estimate of drug-likeness (QED) is 0.492. The van der Waals surface area contributed by atoms with Crippen molar-refractivity contribution < 1.29 is 19.6 Å². The van der Waals surface area contributed by atoms with Gasteiger partial charge in [0.15, 0.2) is 0 Å². The highest BCUT2D eigenvalue weighted by Gasteiger charge is 2.36. The van der Waals surface area contributed by atoms with Gasteiger partial charge in [-0.2, -0.15) is 0 Å². The predicted octanol–water partition coefficient (Wildman–Crippen LogP) is 0.707. The van der Waals surface area contributed by atoms with Gasteiger partial charge in [0.05, 0.1) is 18.1 Å². The molecule has 0 aromatic heterocycles. The number of ether oxygens (including phenoxy) is 1. The Morgan fingerprint density at radius 1 is 1.47 bits per heavy atom. The number of aliphatic hydroxyl groups is 1. The first kappa shape index (κ1) is 13.3. The molecule has 0 amide bonds. The van der Waals surface area contributed by atoms with E-state index in [0.29, 0.717) is 18.7 Å². The second-order valence-corrected chi connectivity index (χ2v) is 4.35. The molecule has 1 aromatic rings. The van der Waals surface area contributed by atoms with Gasteiger partial charge in [0.25, 0.3) is 5.69 Å². The smallest absolute Gasteiger partial charge is 0.328 e. The lowest BCUT2D eigenvalue weighted by molar-refractivity contribution is -0.384. The van der Waals surface area contributed by atoms with Crippen molar-refractivity contribution in [1.82, 2.24) is 0 Å². The van der Waals surface area contributed by atoms with Gasteiger partial charge < -0.3 is 14.7 Å². The molecule has 0 radical (unpaired) electrons. The Balaban J connectivity index is 2.23. The number of rotatable bonds is 3. The monoisotopic (exact) mass is 266 g/mol. The summed E-state index contributed by atoms with van der Waals surface area (Å²) < 4.78 is 4.70. The highest BCUT2D eigenvalue weighted by atomic mass is 16.6. The van der Waals surface area contributed by atoms with Crippen molar-refractivity contribution in [2.45, 2.75) is 18.6 Å². The lowest BCUT2D eigenvalue weighted by Gasteiger charge is -2.24. The Bertz CT molecular complexity index is 487. The lowest BCUT2D eigenvalue weighted by atomic mass is 10.2. The van der Waals surface area contributed by atoms with Crippen LogP contribution in [0, 0.1) is 10.1 Å². The molecule has 1 aromatic carbocycles. The van der Waals surface area contributed by atoms with Gasteiger partial charge in [-0.05, 0) is 12.1 Å². The van der Waals surface area contributed by atoms with Crippen LogP contribution in [0.4, 0.5) is 11.4 Å². The average molecular weight is 266 g/mol. The van der Waals surface area contributed by atoms with E-state index in [1.54, 1.807) is 17.0 Å². The number of carbonyl (C=O) groups is 1. The number of benzene rings is 1. The Morgan fingerprint density at radius 2 is 2.11 bits per heavy atom. The third kappa shape index (κ3) is 2.65. The molecule has 0 spiro atoms. The van der Waals surface area contributed by atoms with Crippen molar-refractivity contribution in [3.8, 4) is 0 Å². The molecular weight excluding hydrogens is 252 g/mol. The van der Waals surface area contributed by atoms with Crippen molar-refractivity contribution in [2.24, 2.45) is 0 Å². The molecule has 1 saturated heterocycles. The number of esters is 1. The molecule has 1 aliphatic rings. The molecule has 0 unspecified atom stereocenters. The van der Waals surface area contributed by atoms with Gasteiger partial charge in [-0.15, -0.1) is 0 Å². The van der Waals surface area contributed by atoms with Crippen LogP contribution in [0.5, 0.6) is 0 Å². The maximum atomic E-state index is 11.6. The summed E-state index contributed by atoms with van der Waals surface area (Å²) in [6.07, 6.45) is -0.316. The Morgan fingerprint density at radius 3 is 2.63 bits per heavy atom. The number of nitro groups is 1. The number of hydrogen-bond donors (Lipinski definition) is 1. The van der Waals surface area contributed by atoms with Crippen molar-refractivity contribution in [2.75, 3.05) is 18.6 Å². The zero-order valence-corrected chi connectivity index (χ0v) is 10.4. The normalized spacial score (nSPS) is 22.3. The van der Waals surface area contributed by atoms with Crippen LogP contribution in [0.3, 0.4) is 0 Å². The van der Waals surface area contributed by atoms with Gasteiger partial charge >= 0.3 is 5.97 Å². The van der Waals surface area contributed by atoms with Gasteiger partial charge in [-0.3, -0.25) is 10.1 Å². The second kappa shape index (κ2) is 5.23. The van der Waals surface area contributed by atoms with Crippen LogP contribution in [0.15, 0.2) is 24.3 Å². The van der Waals surface area contributed by atoms with Crippen molar-refractivity contribution in [3.63, 3.8) is 0 Å². The van der Waals surface area contributed by atoms with Gasteiger partial charge in [0.1, 0.15) is 6.04 Å². The second-order valence-electron chi connectivity index (χ2n) is 4.35. The summed E-state index contributed by atoms with van der Waals surface area (Å²) in [5.74, 6) is -0.421. The van der Waals surface area contributed by atoms with E-state index in [2.05, 4.69) is 0 Å². The fourth-order valence-electron chi connectivity index (χ4n) is 2.22. The summed E-state index contributed by atoms with van der Waals surface area (Å²) >= 11 is 0. The van der Waals surface area contributed by atoms with E-state index in [9.17, 15) is 20.0 Å². The van der Waals surface area contributed by atoms with Gasteiger partial charge in [0, 0.05) is 30.8 Å². The third-order valence-electron chi connectivity index (χ3n) is 3.14. The molecule has 2 rings (SSSR count). The first-order valence-corrected chi connectivity index (χ1v) is 5.80. The van der Waals surface area contributed by atoms with Crippen LogP contribution in [-0.4, -0.2) is 41.8 Å². The number of non-ortho nitro benzene ring substituents is 1. The molecular formula is C12H14N2O5. The number of nitrogens with zero attached hydrogens (tertiary/aromatic N) is 2. The zero-order chi connectivity index (χ0) is 14.0. The number of β-amino-alcohol motifs (C(OH)–C–C–N with tert-alkyl or cyclic N) is 1. The molecule has 19 heavy (non-hydrogen) atoms. The molecule has 1 heterocycles. The van der Waals surface area contributed by atoms with E-state index in [-0.39, 0.29) is 5.69 Å². The topological polar surface area (TPSA) is 92.9 Å². The number of methoxy groups -OCH3 is 1. The molecule has 7 nitrogen and oxygen atoms in total. The van der Waals surface area contributed by atoms with E-state index >= 15 is 0 Å². The van der Waals surface area contributed by atoms with E-state index in [4.69, 9.17) is 4.74 Å². The summed E-state index contributed by atoms with van der Waals surface area (Å²) in [5.41, 5.74) is 0.635. The van der Waals surface area contributed by atoms with Gasteiger partial charge in [0.2, 0.25) is 0 Å². The standard InChI is InChI=1S/C12H14N2O5/c1-19-12(16)11-6-10(15)7-13(11)8-2-4-9(5-3-8)14(17)18/h2-5,10-11,15H,6-7H2,1H3/t10-,11+/m1/s1. The molecule has 0 saturated carbocycles. The molecule has 1 aliphatic heterocycles. The molecule has 102 valence electrons. The first-order chi connectivity index (χ1) is 9.02. The molecule has 7 heteroatoms. The van der Waals surface area contributed by atoms with Gasteiger partial charge in [-0.1, -0.05) is 0 Å². The third-order valence-corrected chi connectivity index (χ3v) is 3.14. The van der Waals surface area contributed by atoms with Crippen LogP contribution in [-0.2, 0) is 9.53 Å². The van der Waals surface area contributed by atoms with E-state index < -0.39 is 23.0 Å². The van der Waals surface area contributed by atoms with Crippen molar-refractivity contribution in [1.29, 1.82) is 0 Å². The minimum atomic E-state index is -0.612. The molecule has 1 N–H and O–H groups in total. The minimum absolute atomic E-state index is 0.0156. The highest BCUT2D eigenvalue weighted by Crippen LogP contribution is 2.28. The number of nitro benzene ring substituents is 1. The lowest BCUT2D eigenvalue weighted by Crippen LogP contribution is -2.36. The molecule has 2 atom stereocenters. The fourth-order valence-corrected chi connectivity index (χ4v) is 2.22. The van der Waals surface area contributed by atoms with Crippen LogP contribution in [0.2, 0.25) is 0 Å². The number of carbonyl (C=O) groups excluding carboxylic acids is 1. The summed E-state index contributed by atoms with van der Waals surface area (Å²) in [6, 6.07) is 5.31. The number of hydrogen-bond acceptors (Lipinski definition) is 6. The Kier molecular flexibility index (Phi) is 3.66. The van der Waals surface area contributed by atoms with Crippen LogP contribution < -0.4 is 4.90 Å². The SMILES string of the molecule is COC(=O)[C@@H]1C[C@@H](O)CN1c1ccc([N+](=O)[O-])cc1. The van der Waals surface area contributed by atoms with Gasteiger partial charge in [-0.25, -0.2) is 4.79 Å². The minimum Gasteiger partial charge on any atom is -0.467 e. The average Bonchev–Trinajstić information content (AvgIpc) is 2.80. The number of aliphatic hydroxyl groups excluding tert-OH is 1. The molecule has 0 bridgehead atoms. The molecule has 1 fully saturated rings. The van der Waals surface area contributed by atoms with Crippen molar-refractivity contribution >= 4 is 17.3 Å². The summed E-state index contributed by atoms with van der Waals surface area (Å²) in [5, 5.41) is 20.2. The maximum absolute atomic E-state index is 11.6. The first-order valence-electron chi connectivity index (χ1n) is 5.80. The van der Waals surface area contributed by atoms with E-state index in [1.165, 1.54) is 19.2 Å². The maximum Gasteiger partial charge on any atom is 0.328 e. The van der Waals surface area contributed by atoms with Crippen LogP contribution in [0.1, 0.15) is 6.42 Å². The Labute approximate surface area is 109 Å². The van der Waals surface area contributed by atoms with Crippen LogP contribution in [0.25, 0.3) is 0 Å². The van der Waals surface area contributed by atoms with E-state index in [1.807, 2.05) is 0 Å². The largest absolute Gasteiger partial charge is 0.467 e. The zero-order valence-electron chi connectivity index (χ0n) is 10.4. The predicted molar refractivity (Wildman–Crippen MR) is 66.9 cm³/mol. The summed E-state index contributed by atoms with van der Waals surface area (Å²) in [7, 11) is 1.29. The highest BCUT2D eigenvalue weighted by molar-refractivity contribution is 5.81.